The minimum atomic E-state index is 0.0824. The van der Waals surface area contributed by atoms with Gasteiger partial charge in [0.1, 0.15) is 5.82 Å². The minimum Gasteiger partial charge on any atom is -0.378 e. The molecule has 0 saturated carbocycles. The van der Waals surface area contributed by atoms with Gasteiger partial charge in [0.15, 0.2) is 0 Å². The maximum absolute atomic E-state index is 13.4. The summed E-state index contributed by atoms with van der Waals surface area (Å²) in [6.07, 6.45) is 2.88. The number of hydrogen-bond donors (Lipinski definition) is 0. The van der Waals surface area contributed by atoms with Crippen molar-refractivity contribution in [2.45, 2.75) is 18.9 Å². The van der Waals surface area contributed by atoms with Crippen molar-refractivity contribution < 1.29 is 9.53 Å². The van der Waals surface area contributed by atoms with Gasteiger partial charge in [-0.25, -0.2) is 4.98 Å². The van der Waals surface area contributed by atoms with Crippen molar-refractivity contribution in [3.8, 4) is 0 Å². The second-order valence-corrected chi connectivity index (χ2v) is 9.12. The lowest BCUT2D eigenvalue weighted by Crippen LogP contribution is -2.40. The van der Waals surface area contributed by atoms with Gasteiger partial charge in [-0.3, -0.25) is 14.7 Å². The first-order chi connectivity index (χ1) is 16.1. The lowest BCUT2D eigenvalue weighted by molar-refractivity contribution is 0.0304. The van der Waals surface area contributed by atoms with E-state index < -0.39 is 0 Å². The number of anilines is 1. The number of rotatable bonds is 5. The number of carbonyl (C=O) groups is 1. The summed E-state index contributed by atoms with van der Waals surface area (Å²) in [6.45, 7) is 5.28. The highest BCUT2D eigenvalue weighted by Gasteiger charge is 2.28. The molecule has 0 spiro atoms. The zero-order valence-corrected chi connectivity index (χ0v) is 19.4. The Balaban J connectivity index is 1.40. The van der Waals surface area contributed by atoms with Gasteiger partial charge in [-0.15, -0.1) is 0 Å². The van der Waals surface area contributed by atoms with Crippen LogP contribution >= 0.6 is 0 Å². The monoisotopic (exact) mass is 445 g/mol. The zero-order chi connectivity index (χ0) is 22.8. The molecule has 0 aliphatic carbocycles. The van der Waals surface area contributed by atoms with Crippen molar-refractivity contribution >= 4 is 22.6 Å². The molecule has 2 aliphatic heterocycles. The van der Waals surface area contributed by atoms with Crippen LogP contribution in [0.25, 0.3) is 10.9 Å². The standard InChI is InChI=1S/C26H31N5O2/c1-29(2)25-20(6-5-10-27-25)18-30-11-9-19(17-30)24-16-22(21-7-3-4-8-23(21)28-24)26(32)31-12-14-33-15-13-31/h3-8,10,16,19H,9,11-15,17-18H2,1-2H3/t19-/m1/s1. The number of ether oxygens (including phenoxy) is 1. The molecule has 7 nitrogen and oxygen atoms in total. The second-order valence-electron chi connectivity index (χ2n) is 9.12. The quantitative estimate of drug-likeness (QED) is 0.601. The number of hydrogen-bond acceptors (Lipinski definition) is 6. The van der Waals surface area contributed by atoms with Crippen molar-refractivity contribution in [1.82, 2.24) is 19.8 Å². The van der Waals surface area contributed by atoms with E-state index in [9.17, 15) is 4.79 Å². The van der Waals surface area contributed by atoms with Gasteiger partial charge >= 0.3 is 0 Å². The summed E-state index contributed by atoms with van der Waals surface area (Å²) in [5.41, 5.74) is 3.91. The average Bonchev–Trinajstić information content (AvgIpc) is 3.32. The number of amides is 1. The van der Waals surface area contributed by atoms with Crippen LogP contribution < -0.4 is 4.90 Å². The van der Waals surface area contributed by atoms with Crippen molar-refractivity contribution in [2.24, 2.45) is 0 Å². The average molecular weight is 446 g/mol. The second kappa shape index (κ2) is 9.45. The highest BCUT2D eigenvalue weighted by atomic mass is 16.5. The predicted octanol–water partition coefficient (Wildman–Crippen LogP) is 3.16. The third-order valence-electron chi connectivity index (χ3n) is 6.64. The molecule has 172 valence electrons. The first-order valence-electron chi connectivity index (χ1n) is 11.7. The van der Waals surface area contributed by atoms with Gasteiger partial charge in [0.2, 0.25) is 0 Å². The van der Waals surface area contributed by atoms with E-state index in [-0.39, 0.29) is 5.91 Å². The molecule has 0 N–H and O–H groups in total. The highest BCUT2D eigenvalue weighted by Crippen LogP contribution is 2.31. The largest absolute Gasteiger partial charge is 0.378 e. The van der Waals surface area contributed by atoms with E-state index in [0.29, 0.717) is 32.2 Å². The Morgan fingerprint density at radius 2 is 1.94 bits per heavy atom. The van der Waals surface area contributed by atoms with E-state index in [0.717, 1.165) is 54.0 Å². The van der Waals surface area contributed by atoms with Crippen LogP contribution in [0, 0.1) is 0 Å². The first kappa shape index (κ1) is 21.8. The van der Waals surface area contributed by atoms with Gasteiger partial charge in [0.25, 0.3) is 5.91 Å². The Bertz CT molecular complexity index is 1140. The Kier molecular flexibility index (Phi) is 6.24. The SMILES string of the molecule is CN(C)c1ncccc1CN1CC[C@@H](c2cc(C(=O)N3CCOCC3)c3ccccc3n2)C1. The smallest absolute Gasteiger partial charge is 0.254 e. The van der Waals surface area contributed by atoms with Gasteiger partial charge in [0, 0.05) is 69.0 Å². The first-order valence-corrected chi connectivity index (χ1v) is 11.7. The molecular weight excluding hydrogens is 414 g/mol. The Morgan fingerprint density at radius 3 is 2.76 bits per heavy atom. The number of nitrogens with zero attached hydrogens (tertiary/aromatic N) is 5. The van der Waals surface area contributed by atoms with Crippen LogP contribution in [0.15, 0.2) is 48.7 Å². The van der Waals surface area contributed by atoms with Gasteiger partial charge in [-0.1, -0.05) is 24.3 Å². The van der Waals surface area contributed by atoms with Crippen LogP contribution in [0.1, 0.15) is 34.0 Å². The summed E-state index contributed by atoms with van der Waals surface area (Å²) in [5.74, 6) is 1.41. The molecular formula is C26H31N5O2. The molecule has 4 heterocycles. The molecule has 5 rings (SSSR count). The van der Waals surface area contributed by atoms with Crippen molar-refractivity contribution in [1.29, 1.82) is 0 Å². The molecule has 2 fully saturated rings. The van der Waals surface area contributed by atoms with E-state index >= 15 is 0 Å². The Labute approximate surface area is 195 Å². The molecule has 0 bridgehead atoms. The fourth-order valence-electron chi connectivity index (χ4n) is 4.93. The molecule has 1 amide bonds. The predicted molar refractivity (Wildman–Crippen MR) is 130 cm³/mol. The van der Waals surface area contributed by atoms with Crippen LogP contribution in [0.2, 0.25) is 0 Å². The molecule has 33 heavy (non-hydrogen) atoms. The van der Waals surface area contributed by atoms with Gasteiger partial charge in [-0.05, 0) is 31.2 Å². The Hall–Kier alpha value is -3.03. The van der Waals surface area contributed by atoms with E-state index in [2.05, 4.69) is 20.9 Å². The number of morpholine rings is 1. The number of carbonyl (C=O) groups excluding carboxylic acids is 1. The lowest BCUT2D eigenvalue weighted by atomic mass is 9.99. The van der Waals surface area contributed by atoms with Crippen LogP contribution in [-0.4, -0.2) is 79.2 Å². The summed E-state index contributed by atoms with van der Waals surface area (Å²) in [4.78, 5) is 29.4. The number of aromatic nitrogens is 2. The highest BCUT2D eigenvalue weighted by molar-refractivity contribution is 6.06. The molecule has 2 saturated heterocycles. The Morgan fingerprint density at radius 1 is 1.12 bits per heavy atom. The van der Waals surface area contributed by atoms with Crippen LogP contribution in [0.4, 0.5) is 5.82 Å². The number of fused-ring (bicyclic) bond motifs is 1. The topological polar surface area (TPSA) is 61.8 Å². The zero-order valence-electron chi connectivity index (χ0n) is 19.4. The van der Waals surface area contributed by atoms with Crippen LogP contribution in [-0.2, 0) is 11.3 Å². The minimum absolute atomic E-state index is 0.0824. The maximum Gasteiger partial charge on any atom is 0.254 e. The van der Waals surface area contributed by atoms with Crippen molar-refractivity contribution in [3.63, 3.8) is 0 Å². The van der Waals surface area contributed by atoms with Gasteiger partial charge in [-0.2, -0.15) is 0 Å². The third-order valence-corrected chi connectivity index (χ3v) is 6.64. The summed E-state index contributed by atoms with van der Waals surface area (Å²) in [6, 6.07) is 14.2. The summed E-state index contributed by atoms with van der Waals surface area (Å²) >= 11 is 0. The van der Waals surface area contributed by atoms with Crippen LogP contribution in [0.5, 0.6) is 0 Å². The molecule has 1 aromatic carbocycles. The maximum atomic E-state index is 13.4. The fourth-order valence-corrected chi connectivity index (χ4v) is 4.93. The summed E-state index contributed by atoms with van der Waals surface area (Å²) in [5, 5.41) is 0.929. The summed E-state index contributed by atoms with van der Waals surface area (Å²) in [7, 11) is 4.06. The number of para-hydroxylation sites is 1. The number of benzene rings is 1. The molecule has 7 heteroatoms. The third kappa shape index (κ3) is 4.56. The summed E-state index contributed by atoms with van der Waals surface area (Å²) < 4.78 is 5.44. The molecule has 2 aromatic heterocycles. The van der Waals surface area contributed by atoms with E-state index in [4.69, 9.17) is 9.72 Å². The molecule has 2 aliphatic rings. The van der Waals surface area contributed by atoms with E-state index in [1.807, 2.05) is 61.6 Å². The molecule has 0 radical (unpaired) electrons. The number of pyridine rings is 2. The van der Waals surface area contributed by atoms with E-state index in [1.54, 1.807) is 0 Å². The lowest BCUT2D eigenvalue weighted by Gasteiger charge is -2.27. The van der Waals surface area contributed by atoms with Crippen LogP contribution in [0.3, 0.4) is 0 Å². The molecule has 1 atom stereocenters. The van der Waals surface area contributed by atoms with Gasteiger partial charge in [0.05, 0.1) is 24.3 Å². The fraction of sp³-hybridized carbons (Fsp3) is 0.423. The van der Waals surface area contributed by atoms with Gasteiger partial charge < -0.3 is 14.5 Å². The molecule has 0 unspecified atom stereocenters. The molecule has 3 aromatic rings. The normalized spacial score (nSPS) is 19.2. The van der Waals surface area contributed by atoms with E-state index in [1.165, 1.54) is 5.56 Å². The van der Waals surface area contributed by atoms with Crippen molar-refractivity contribution in [2.75, 3.05) is 58.4 Å². The van der Waals surface area contributed by atoms with Crippen molar-refractivity contribution in [3.05, 3.63) is 65.5 Å². The number of likely N-dealkylation sites (tertiary alicyclic amines) is 1.